The molecule has 22 heavy (non-hydrogen) atoms. The summed E-state index contributed by atoms with van der Waals surface area (Å²) in [7, 11) is 1.65. The van der Waals surface area contributed by atoms with Gasteiger partial charge in [0.25, 0.3) is 0 Å². The summed E-state index contributed by atoms with van der Waals surface area (Å²) in [6, 6.07) is 3.56. The molecule has 1 fully saturated rings. The van der Waals surface area contributed by atoms with E-state index in [2.05, 4.69) is 20.5 Å². The van der Waals surface area contributed by atoms with Crippen molar-refractivity contribution in [2.45, 2.75) is 6.42 Å². The van der Waals surface area contributed by atoms with Crippen LogP contribution in [-0.4, -0.2) is 66.7 Å². The largest absolute Gasteiger partial charge is 0.395 e. The fourth-order valence-corrected chi connectivity index (χ4v) is 2.31. The Morgan fingerprint density at radius 3 is 2.86 bits per heavy atom. The lowest BCUT2D eigenvalue weighted by molar-refractivity contribution is -0.118. The third-order valence-electron chi connectivity index (χ3n) is 3.56. The number of rotatable bonds is 4. The summed E-state index contributed by atoms with van der Waals surface area (Å²) >= 11 is 0. The predicted molar refractivity (Wildman–Crippen MR) is 85.1 cm³/mol. The molecule has 1 aliphatic rings. The van der Waals surface area contributed by atoms with E-state index in [1.54, 1.807) is 24.2 Å². The average molecular weight is 306 g/mol. The molecule has 120 valence electrons. The van der Waals surface area contributed by atoms with Crippen molar-refractivity contribution in [3.63, 3.8) is 0 Å². The number of anilines is 2. The third kappa shape index (κ3) is 4.15. The van der Waals surface area contributed by atoms with E-state index in [4.69, 9.17) is 10.5 Å². The summed E-state index contributed by atoms with van der Waals surface area (Å²) < 4.78 is 0. The Morgan fingerprint density at radius 2 is 2.23 bits per heavy atom. The highest BCUT2D eigenvalue weighted by Gasteiger charge is 2.22. The fourth-order valence-electron chi connectivity index (χ4n) is 2.31. The maximum atomic E-state index is 12.2. The van der Waals surface area contributed by atoms with E-state index < -0.39 is 0 Å². The lowest BCUT2D eigenvalue weighted by Crippen LogP contribution is -2.34. The molecule has 2 rings (SSSR count). The quantitative estimate of drug-likeness (QED) is 0.449. The van der Waals surface area contributed by atoms with Gasteiger partial charge >= 0.3 is 0 Å². The number of β-amino-alcohol motifs (C(OH)–C–C–N with tert-alkyl or cyclic N) is 1. The molecule has 2 heterocycles. The highest BCUT2D eigenvalue weighted by atomic mass is 16.3. The first-order valence-corrected chi connectivity index (χ1v) is 7.27. The van der Waals surface area contributed by atoms with Crippen LogP contribution in [0.1, 0.15) is 6.42 Å². The monoisotopic (exact) mass is 306 g/mol. The molecule has 1 aromatic heterocycles. The normalized spacial score (nSPS) is 16.3. The summed E-state index contributed by atoms with van der Waals surface area (Å²) in [6.45, 7) is 2.68. The third-order valence-corrected chi connectivity index (χ3v) is 3.56. The van der Waals surface area contributed by atoms with Crippen LogP contribution in [-0.2, 0) is 4.79 Å². The Balaban J connectivity index is 2.03. The summed E-state index contributed by atoms with van der Waals surface area (Å²) in [6.07, 6.45) is 2.06. The molecule has 1 saturated heterocycles. The van der Waals surface area contributed by atoms with E-state index in [0.717, 1.165) is 12.2 Å². The second-order valence-electron chi connectivity index (χ2n) is 5.01. The lowest BCUT2D eigenvalue weighted by atomic mass is 10.3. The van der Waals surface area contributed by atoms with Crippen molar-refractivity contribution in [1.29, 1.82) is 5.41 Å². The fraction of sp³-hybridized carbons (Fsp3) is 0.500. The van der Waals surface area contributed by atoms with Gasteiger partial charge in [-0.05, 0) is 12.1 Å². The molecule has 1 aromatic rings. The molecule has 0 spiro atoms. The van der Waals surface area contributed by atoms with E-state index in [1.165, 1.54) is 0 Å². The maximum absolute atomic E-state index is 12.2. The number of hydrogen-bond acceptors (Lipinski definition) is 5. The molecule has 0 radical (unpaired) electrons. The van der Waals surface area contributed by atoms with Gasteiger partial charge in [0.1, 0.15) is 5.82 Å². The van der Waals surface area contributed by atoms with Crippen molar-refractivity contribution in [1.82, 2.24) is 15.2 Å². The number of aliphatic hydroxyl groups excluding tert-OH is 1. The molecule has 1 aliphatic heterocycles. The number of nitrogens with one attached hydrogen (secondary N) is 3. The summed E-state index contributed by atoms with van der Waals surface area (Å²) in [4.78, 5) is 20.2. The number of pyridine rings is 1. The molecule has 8 nitrogen and oxygen atoms in total. The number of nitrogens with zero attached hydrogens (tertiary/aromatic N) is 3. The van der Waals surface area contributed by atoms with Gasteiger partial charge in [0, 0.05) is 39.6 Å². The summed E-state index contributed by atoms with van der Waals surface area (Å²) in [5.74, 6) is 0.768. The van der Waals surface area contributed by atoms with Gasteiger partial charge in [-0.3, -0.25) is 15.1 Å². The van der Waals surface area contributed by atoms with Crippen LogP contribution < -0.4 is 15.5 Å². The molecule has 1 amide bonds. The van der Waals surface area contributed by atoms with Crippen LogP contribution in [0.4, 0.5) is 11.5 Å². The van der Waals surface area contributed by atoms with E-state index >= 15 is 0 Å². The second kappa shape index (κ2) is 7.71. The molecule has 0 bridgehead atoms. The van der Waals surface area contributed by atoms with Gasteiger partial charge in [-0.15, -0.1) is 0 Å². The Labute approximate surface area is 129 Å². The van der Waals surface area contributed by atoms with Gasteiger partial charge < -0.3 is 20.6 Å². The van der Waals surface area contributed by atoms with Gasteiger partial charge in [-0.25, -0.2) is 4.98 Å². The van der Waals surface area contributed by atoms with Crippen LogP contribution in [0.2, 0.25) is 0 Å². The van der Waals surface area contributed by atoms with Crippen LogP contribution in [0.3, 0.4) is 0 Å². The minimum absolute atomic E-state index is 0.0610. The Kier molecular flexibility index (Phi) is 5.68. The van der Waals surface area contributed by atoms with Gasteiger partial charge in [0.2, 0.25) is 5.91 Å². The van der Waals surface area contributed by atoms with E-state index in [1.807, 2.05) is 6.07 Å². The van der Waals surface area contributed by atoms with Gasteiger partial charge in [-0.1, -0.05) is 0 Å². The number of carbonyl (C=O) groups excluding carboxylic acids is 1. The first kappa shape index (κ1) is 16.2. The molecular weight excluding hydrogens is 284 g/mol. The van der Waals surface area contributed by atoms with Gasteiger partial charge in [-0.2, -0.15) is 0 Å². The number of aromatic nitrogens is 1. The van der Waals surface area contributed by atoms with Crippen LogP contribution in [0.15, 0.2) is 18.3 Å². The summed E-state index contributed by atoms with van der Waals surface area (Å²) in [5.41, 5.74) is 0.748. The van der Waals surface area contributed by atoms with Crippen LogP contribution in [0.5, 0.6) is 0 Å². The average Bonchev–Trinajstić information content (AvgIpc) is 2.71. The Morgan fingerprint density at radius 1 is 1.41 bits per heavy atom. The first-order valence-electron chi connectivity index (χ1n) is 7.27. The molecule has 4 N–H and O–H groups in total. The number of hydrogen-bond donors (Lipinski definition) is 4. The first-order chi connectivity index (χ1) is 10.6. The van der Waals surface area contributed by atoms with Crippen LogP contribution in [0, 0.1) is 5.41 Å². The zero-order chi connectivity index (χ0) is 15.9. The van der Waals surface area contributed by atoms with Crippen molar-refractivity contribution < 1.29 is 9.90 Å². The second-order valence-corrected chi connectivity index (χ2v) is 5.01. The van der Waals surface area contributed by atoms with Crippen molar-refractivity contribution in [3.8, 4) is 0 Å². The standard InChI is InChI=1S/C14H22N6O2/c1-16-14(15)18-12-3-2-11(10-17-12)20-7-6-19(8-9-21)5-4-13(20)22/h2-3,10,21H,4-9H2,1H3,(H3,15,16,17,18). The van der Waals surface area contributed by atoms with Gasteiger partial charge in [0.15, 0.2) is 5.96 Å². The minimum atomic E-state index is 0.0610. The van der Waals surface area contributed by atoms with E-state index in [-0.39, 0.29) is 18.5 Å². The van der Waals surface area contributed by atoms with E-state index in [0.29, 0.717) is 31.9 Å². The SMILES string of the molecule is CNC(=N)Nc1ccc(N2CCN(CCO)CCC2=O)cn1. The number of carbonyl (C=O) groups is 1. The molecular formula is C14H22N6O2. The van der Waals surface area contributed by atoms with Crippen molar-refractivity contribution in [2.75, 3.05) is 50.1 Å². The lowest BCUT2D eigenvalue weighted by Gasteiger charge is -2.21. The Bertz CT molecular complexity index is 519. The Hall–Kier alpha value is -2.19. The zero-order valence-electron chi connectivity index (χ0n) is 12.7. The number of aliphatic hydroxyl groups is 1. The highest BCUT2D eigenvalue weighted by Crippen LogP contribution is 2.18. The maximum Gasteiger partial charge on any atom is 0.228 e. The van der Waals surface area contributed by atoms with Crippen molar-refractivity contribution in [3.05, 3.63) is 18.3 Å². The predicted octanol–water partition coefficient (Wildman–Crippen LogP) is -0.321. The van der Waals surface area contributed by atoms with E-state index in [9.17, 15) is 4.79 Å². The summed E-state index contributed by atoms with van der Waals surface area (Å²) in [5, 5.41) is 22.0. The molecule has 8 heteroatoms. The number of amides is 1. The molecule has 0 aliphatic carbocycles. The molecule has 0 atom stereocenters. The molecule has 0 saturated carbocycles. The highest BCUT2D eigenvalue weighted by molar-refractivity contribution is 5.94. The van der Waals surface area contributed by atoms with Crippen molar-refractivity contribution >= 4 is 23.4 Å². The van der Waals surface area contributed by atoms with Gasteiger partial charge in [0.05, 0.1) is 18.5 Å². The smallest absolute Gasteiger partial charge is 0.228 e. The minimum Gasteiger partial charge on any atom is -0.395 e. The topological polar surface area (TPSA) is 105 Å². The van der Waals surface area contributed by atoms with Crippen molar-refractivity contribution in [2.24, 2.45) is 0 Å². The molecule has 0 unspecified atom stereocenters. The zero-order valence-corrected chi connectivity index (χ0v) is 12.7. The number of guanidine groups is 1. The molecule has 0 aromatic carbocycles. The van der Waals surface area contributed by atoms with Crippen LogP contribution >= 0.6 is 0 Å². The van der Waals surface area contributed by atoms with Crippen LogP contribution in [0.25, 0.3) is 0 Å².